The van der Waals surface area contributed by atoms with E-state index in [9.17, 15) is 4.79 Å². The van der Waals surface area contributed by atoms with Gasteiger partial charge in [0.25, 0.3) is 5.91 Å². The summed E-state index contributed by atoms with van der Waals surface area (Å²) in [5, 5.41) is 1.07. The third-order valence-electron chi connectivity index (χ3n) is 5.35. The predicted molar refractivity (Wildman–Crippen MR) is 96.6 cm³/mol. The molecule has 132 valence electrons. The number of H-pyrrole nitrogens is 1. The van der Waals surface area contributed by atoms with Gasteiger partial charge in [-0.3, -0.25) is 4.79 Å². The molecule has 1 aliphatic heterocycles. The summed E-state index contributed by atoms with van der Waals surface area (Å²) in [5.74, 6) is 0.460. The van der Waals surface area contributed by atoms with Crippen LogP contribution in [0.15, 0.2) is 43.1 Å². The van der Waals surface area contributed by atoms with Crippen LogP contribution in [0.25, 0.3) is 10.9 Å². The van der Waals surface area contributed by atoms with Gasteiger partial charge in [-0.05, 0) is 37.1 Å². The van der Waals surface area contributed by atoms with Gasteiger partial charge in [-0.25, -0.2) is 0 Å². The number of carbonyl (C=O) groups is 1. The fraction of sp³-hybridized carbons (Fsp3) is 0.450. The number of hydrogen-bond acceptors (Lipinski definition) is 3. The second-order valence-electron chi connectivity index (χ2n) is 6.84. The first-order valence-corrected chi connectivity index (χ1v) is 8.96. The molecule has 25 heavy (non-hydrogen) atoms. The minimum absolute atomic E-state index is 0.0819. The summed E-state index contributed by atoms with van der Waals surface area (Å²) in [4.78, 5) is 18.3. The number of rotatable bonds is 5. The first kappa shape index (κ1) is 16.4. The van der Waals surface area contributed by atoms with Gasteiger partial charge in [-0.15, -0.1) is 6.58 Å². The van der Waals surface area contributed by atoms with E-state index in [0.29, 0.717) is 32.3 Å². The number of aromatic amines is 1. The van der Waals surface area contributed by atoms with E-state index in [0.717, 1.165) is 29.3 Å². The van der Waals surface area contributed by atoms with E-state index in [2.05, 4.69) is 11.6 Å². The fourth-order valence-corrected chi connectivity index (χ4v) is 4.15. The number of carbonyl (C=O) groups excluding carboxylic acids is 1. The van der Waals surface area contributed by atoms with Crippen molar-refractivity contribution in [3.63, 3.8) is 0 Å². The highest BCUT2D eigenvalue weighted by molar-refractivity contribution is 5.98. The molecule has 1 aromatic carbocycles. The van der Waals surface area contributed by atoms with Crippen LogP contribution in [-0.4, -0.2) is 54.3 Å². The molecule has 2 fully saturated rings. The number of nitrogens with one attached hydrogen (secondary N) is 1. The molecule has 1 aliphatic carbocycles. The summed E-state index contributed by atoms with van der Waals surface area (Å²) in [5.41, 5.74) is 1.80. The Balaban J connectivity index is 1.50. The van der Waals surface area contributed by atoms with Gasteiger partial charge in [-0.2, -0.15) is 0 Å². The van der Waals surface area contributed by atoms with Crippen molar-refractivity contribution >= 4 is 16.8 Å². The van der Waals surface area contributed by atoms with Crippen molar-refractivity contribution in [2.75, 3.05) is 26.4 Å². The number of fused-ring (bicyclic) bond motifs is 2. The third-order valence-corrected chi connectivity index (χ3v) is 5.35. The van der Waals surface area contributed by atoms with Crippen LogP contribution in [0.5, 0.6) is 0 Å². The molecule has 1 aromatic heterocycles. The van der Waals surface area contributed by atoms with Crippen LogP contribution in [-0.2, 0) is 9.47 Å². The maximum Gasteiger partial charge on any atom is 0.254 e. The normalized spacial score (nSPS) is 25.9. The zero-order valence-corrected chi connectivity index (χ0v) is 14.3. The third kappa shape index (κ3) is 3.10. The van der Waals surface area contributed by atoms with Crippen LogP contribution >= 0.6 is 0 Å². The molecule has 3 atom stereocenters. The number of morpholine rings is 1. The van der Waals surface area contributed by atoms with Gasteiger partial charge in [0, 0.05) is 35.1 Å². The molecule has 0 radical (unpaired) electrons. The van der Waals surface area contributed by atoms with Crippen LogP contribution in [0.3, 0.4) is 0 Å². The van der Waals surface area contributed by atoms with E-state index in [1.807, 2.05) is 35.4 Å². The molecule has 2 aromatic rings. The molecule has 5 nitrogen and oxygen atoms in total. The summed E-state index contributed by atoms with van der Waals surface area (Å²) in [6, 6.07) is 8.00. The SMILES string of the molecule is C=CCOC[C@@H]1CC[C@@H]2[C@@H]1OCCN2C(=O)c1ccc2[nH]ccc2c1. The van der Waals surface area contributed by atoms with Gasteiger partial charge >= 0.3 is 0 Å². The Morgan fingerprint density at radius 3 is 3.20 bits per heavy atom. The number of aromatic nitrogens is 1. The zero-order chi connectivity index (χ0) is 17.2. The lowest BCUT2D eigenvalue weighted by molar-refractivity contribution is -0.0738. The molecule has 0 spiro atoms. The van der Waals surface area contributed by atoms with E-state index in [-0.39, 0.29) is 18.1 Å². The standard InChI is InChI=1S/C20H24N2O3/c1-2-10-24-13-16-4-6-18-19(16)25-11-9-22(18)20(23)15-3-5-17-14(12-15)7-8-21-17/h2-3,5,7-8,12,16,18-19,21H,1,4,6,9-11,13H2/t16-,18+,19+/m0/s1. The van der Waals surface area contributed by atoms with Crippen LogP contribution < -0.4 is 0 Å². The van der Waals surface area contributed by atoms with Gasteiger partial charge in [0.1, 0.15) is 0 Å². The molecule has 1 amide bonds. The van der Waals surface area contributed by atoms with Crippen molar-refractivity contribution in [2.45, 2.75) is 25.0 Å². The van der Waals surface area contributed by atoms with Crippen molar-refractivity contribution < 1.29 is 14.3 Å². The van der Waals surface area contributed by atoms with E-state index in [1.165, 1.54) is 0 Å². The molecule has 5 heteroatoms. The van der Waals surface area contributed by atoms with Crippen molar-refractivity contribution in [1.29, 1.82) is 0 Å². The molecule has 2 heterocycles. The first-order chi connectivity index (χ1) is 12.3. The van der Waals surface area contributed by atoms with Crippen LogP contribution in [0.2, 0.25) is 0 Å². The lowest BCUT2D eigenvalue weighted by Crippen LogP contribution is -2.53. The van der Waals surface area contributed by atoms with Crippen molar-refractivity contribution in [2.24, 2.45) is 5.92 Å². The fourth-order valence-electron chi connectivity index (χ4n) is 4.15. The summed E-state index contributed by atoms with van der Waals surface area (Å²) >= 11 is 0. The number of nitrogens with zero attached hydrogens (tertiary/aromatic N) is 1. The van der Waals surface area contributed by atoms with Crippen molar-refractivity contribution in [3.8, 4) is 0 Å². The second kappa shape index (κ2) is 7.02. The Morgan fingerprint density at radius 2 is 2.32 bits per heavy atom. The minimum Gasteiger partial charge on any atom is -0.377 e. The lowest BCUT2D eigenvalue weighted by Gasteiger charge is -2.39. The maximum atomic E-state index is 13.1. The smallest absolute Gasteiger partial charge is 0.254 e. The highest BCUT2D eigenvalue weighted by Gasteiger charge is 2.44. The average Bonchev–Trinajstić information content (AvgIpc) is 3.27. The second-order valence-corrected chi connectivity index (χ2v) is 6.84. The molecule has 2 aliphatic rings. The maximum absolute atomic E-state index is 13.1. The Labute approximate surface area is 147 Å². The van der Waals surface area contributed by atoms with Gasteiger partial charge in [-0.1, -0.05) is 6.08 Å². The summed E-state index contributed by atoms with van der Waals surface area (Å²) < 4.78 is 11.6. The van der Waals surface area contributed by atoms with E-state index in [4.69, 9.17) is 9.47 Å². The number of benzene rings is 1. The van der Waals surface area contributed by atoms with E-state index >= 15 is 0 Å². The van der Waals surface area contributed by atoms with Gasteiger partial charge < -0.3 is 19.4 Å². The van der Waals surface area contributed by atoms with Crippen molar-refractivity contribution in [1.82, 2.24) is 9.88 Å². The number of amides is 1. The molecule has 4 rings (SSSR count). The van der Waals surface area contributed by atoms with Gasteiger partial charge in [0.15, 0.2) is 0 Å². The minimum atomic E-state index is 0.0819. The molecule has 0 unspecified atom stereocenters. The molecule has 1 saturated carbocycles. The molecule has 1 N–H and O–H groups in total. The van der Waals surface area contributed by atoms with Crippen LogP contribution in [0.1, 0.15) is 23.2 Å². The van der Waals surface area contributed by atoms with Crippen molar-refractivity contribution in [3.05, 3.63) is 48.7 Å². The molecular weight excluding hydrogens is 316 g/mol. The summed E-state index contributed by atoms with van der Waals surface area (Å²) in [7, 11) is 0. The summed E-state index contributed by atoms with van der Waals surface area (Å²) in [6.07, 6.45) is 5.76. The Kier molecular flexibility index (Phi) is 4.59. The zero-order valence-electron chi connectivity index (χ0n) is 14.3. The Morgan fingerprint density at radius 1 is 1.40 bits per heavy atom. The Bertz CT molecular complexity index is 769. The van der Waals surface area contributed by atoms with Gasteiger partial charge in [0.05, 0.1) is 32.0 Å². The summed E-state index contributed by atoms with van der Waals surface area (Å²) in [6.45, 7) is 6.17. The quantitative estimate of drug-likeness (QED) is 0.672. The van der Waals surface area contributed by atoms with Crippen LogP contribution in [0.4, 0.5) is 0 Å². The lowest BCUT2D eigenvalue weighted by atomic mass is 10.0. The predicted octanol–water partition coefficient (Wildman–Crippen LogP) is 2.99. The first-order valence-electron chi connectivity index (χ1n) is 8.96. The molecule has 0 bridgehead atoms. The van der Waals surface area contributed by atoms with Gasteiger partial charge in [0.2, 0.25) is 0 Å². The number of hydrogen-bond donors (Lipinski definition) is 1. The van der Waals surface area contributed by atoms with E-state index in [1.54, 1.807) is 6.08 Å². The van der Waals surface area contributed by atoms with Crippen LogP contribution in [0, 0.1) is 5.92 Å². The molecule has 1 saturated heterocycles. The highest BCUT2D eigenvalue weighted by atomic mass is 16.5. The average molecular weight is 340 g/mol. The topological polar surface area (TPSA) is 54.6 Å². The highest BCUT2D eigenvalue weighted by Crippen LogP contribution is 2.35. The molecular formula is C20H24N2O3. The van der Waals surface area contributed by atoms with E-state index < -0.39 is 0 Å². The Hall–Kier alpha value is -2.11. The monoisotopic (exact) mass is 340 g/mol. The number of ether oxygens (including phenoxy) is 2. The largest absolute Gasteiger partial charge is 0.377 e.